The quantitative estimate of drug-likeness (QED) is 0.650. The Morgan fingerprint density at radius 2 is 2.00 bits per heavy atom. The maximum Gasteiger partial charge on any atom is 0.145 e. The number of hydrogen-bond donors (Lipinski definition) is 1. The van der Waals surface area contributed by atoms with Crippen molar-refractivity contribution in [2.24, 2.45) is 4.99 Å². The van der Waals surface area contributed by atoms with E-state index in [2.05, 4.69) is 55.9 Å². The molecule has 0 aromatic heterocycles. The van der Waals surface area contributed by atoms with Crippen molar-refractivity contribution in [3.63, 3.8) is 0 Å². The van der Waals surface area contributed by atoms with E-state index in [-0.39, 0.29) is 0 Å². The average Bonchev–Trinajstić information content (AvgIpc) is 2.97. The summed E-state index contributed by atoms with van der Waals surface area (Å²) in [6.45, 7) is 12.5. The number of nitrogens with one attached hydrogen (secondary N) is 1. The minimum Gasteiger partial charge on any atom is -0.358 e. The number of likely N-dealkylation sites (tertiary alicyclic amines) is 1. The molecule has 0 spiro atoms. The molecule has 2 rings (SSSR count). The lowest BCUT2D eigenvalue weighted by molar-refractivity contribution is 0.353. The van der Waals surface area contributed by atoms with Crippen LogP contribution in [0.3, 0.4) is 0 Å². The summed E-state index contributed by atoms with van der Waals surface area (Å²) < 4.78 is 0. The van der Waals surface area contributed by atoms with Crippen molar-refractivity contribution in [2.45, 2.75) is 59.3 Å². The zero-order chi connectivity index (χ0) is 18.1. The van der Waals surface area contributed by atoms with Crippen molar-refractivity contribution < 1.29 is 0 Å². The van der Waals surface area contributed by atoms with Crippen LogP contribution in [0.2, 0.25) is 0 Å². The maximum absolute atomic E-state index is 5.00. The SMILES string of the molecule is C=C/C=C\C(=C/C)C1=C(CCC)C(C)=NC(N2CCCCCC2)=CN1. The van der Waals surface area contributed by atoms with Crippen LogP contribution in [0.15, 0.2) is 64.7 Å². The van der Waals surface area contributed by atoms with Gasteiger partial charge in [-0.3, -0.25) is 0 Å². The number of nitrogens with zero attached hydrogens (tertiary/aromatic N) is 2. The molecule has 1 saturated heterocycles. The van der Waals surface area contributed by atoms with Gasteiger partial charge in [0, 0.05) is 25.0 Å². The minimum atomic E-state index is 1.03. The van der Waals surface area contributed by atoms with E-state index in [1.54, 1.807) is 0 Å². The summed E-state index contributed by atoms with van der Waals surface area (Å²) in [4.78, 5) is 7.44. The highest BCUT2D eigenvalue weighted by Crippen LogP contribution is 2.25. The molecule has 0 bridgehead atoms. The first-order valence-electron chi connectivity index (χ1n) is 9.67. The highest BCUT2D eigenvalue weighted by Gasteiger charge is 2.18. The third-order valence-corrected chi connectivity index (χ3v) is 4.81. The van der Waals surface area contributed by atoms with E-state index >= 15 is 0 Å². The van der Waals surface area contributed by atoms with Crippen LogP contribution in [0, 0.1) is 0 Å². The summed E-state index contributed by atoms with van der Waals surface area (Å²) in [7, 11) is 0. The number of hydrogen-bond acceptors (Lipinski definition) is 3. The Balaban J connectivity index is 2.36. The molecule has 0 radical (unpaired) electrons. The topological polar surface area (TPSA) is 27.6 Å². The molecule has 0 aromatic rings. The lowest BCUT2D eigenvalue weighted by Crippen LogP contribution is -2.24. The Morgan fingerprint density at radius 1 is 1.28 bits per heavy atom. The second-order valence-electron chi connectivity index (χ2n) is 6.69. The Kier molecular flexibility index (Phi) is 7.77. The molecule has 0 atom stereocenters. The summed E-state index contributed by atoms with van der Waals surface area (Å²) >= 11 is 0. The van der Waals surface area contributed by atoms with E-state index in [0.29, 0.717) is 0 Å². The van der Waals surface area contributed by atoms with E-state index in [9.17, 15) is 0 Å². The smallest absolute Gasteiger partial charge is 0.145 e. The number of rotatable bonds is 6. The van der Waals surface area contributed by atoms with Crippen LogP contribution in [-0.2, 0) is 0 Å². The van der Waals surface area contributed by atoms with Crippen LogP contribution < -0.4 is 5.32 Å². The van der Waals surface area contributed by atoms with Crippen LogP contribution in [0.1, 0.15) is 59.3 Å². The second kappa shape index (κ2) is 10.1. The van der Waals surface area contributed by atoms with Crippen LogP contribution in [0.4, 0.5) is 0 Å². The zero-order valence-electron chi connectivity index (χ0n) is 16.1. The Morgan fingerprint density at radius 3 is 2.60 bits per heavy atom. The van der Waals surface area contributed by atoms with Gasteiger partial charge in [-0.05, 0) is 44.3 Å². The van der Waals surface area contributed by atoms with Gasteiger partial charge in [-0.15, -0.1) is 0 Å². The Labute approximate surface area is 153 Å². The molecule has 2 heterocycles. The molecule has 25 heavy (non-hydrogen) atoms. The maximum atomic E-state index is 5.00. The fraction of sp³-hybridized carbons (Fsp3) is 0.500. The van der Waals surface area contributed by atoms with Crippen LogP contribution in [0.5, 0.6) is 0 Å². The predicted octanol–water partition coefficient (Wildman–Crippen LogP) is 5.47. The molecule has 3 nitrogen and oxygen atoms in total. The van der Waals surface area contributed by atoms with Crippen molar-refractivity contribution in [1.29, 1.82) is 0 Å². The predicted molar refractivity (Wildman–Crippen MR) is 109 cm³/mol. The standard InChI is InChI=1S/C22H33N3/c1-5-8-14-19(7-3)22-20(13-6-2)18(4)24-21(17-23-22)25-15-11-9-10-12-16-25/h5,7-8,14,17,23H,1,6,9-13,15-16H2,2-4H3/b14-8-,19-7+. The van der Waals surface area contributed by atoms with Gasteiger partial charge in [0.05, 0.1) is 5.70 Å². The molecular formula is C22H33N3. The lowest BCUT2D eigenvalue weighted by Gasteiger charge is -2.22. The molecule has 2 aliphatic rings. The van der Waals surface area contributed by atoms with E-state index in [0.717, 1.165) is 37.5 Å². The number of allylic oxidation sites excluding steroid dienone is 5. The molecule has 0 aromatic carbocycles. The van der Waals surface area contributed by atoms with Crippen molar-refractivity contribution in [2.75, 3.05) is 13.1 Å². The summed E-state index contributed by atoms with van der Waals surface area (Å²) in [5.74, 6) is 1.08. The van der Waals surface area contributed by atoms with Gasteiger partial charge >= 0.3 is 0 Å². The summed E-state index contributed by atoms with van der Waals surface area (Å²) in [5, 5.41) is 3.58. The monoisotopic (exact) mass is 339 g/mol. The highest BCUT2D eigenvalue weighted by atomic mass is 15.2. The molecule has 0 aliphatic carbocycles. The third kappa shape index (κ3) is 5.22. The lowest BCUT2D eigenvalue weighted by atomic mass is 9.98. The molecule has 0 saturated carbocycles. The molecule has 0 unspecified atom stereocenters. The highest BCUT2D eigenvalue weighted by molar-refractivity contribution is 6.00. The van der Waals surface area contributed by atoms with Gasteiger partial charge in [0.15, 0.2) is 0 Å². The Hall–Kier alpha value is -2.03. The van der Waals surface area contributed by atoms with E-state index < -0.39 is 0 Å². The normalized spacial score (nSPS) is 20.0. The molecule has 2 aliphatic heterocycles. The summed E-state index contributed by atoms with van der Waals surface area (Å²) in [6, 6.07) is 0. The van der Waals surface area contributed by atoms with E-state index in [1.807, 2.05) is 12.2 Å². The van der Waals surface area contributed by atoms with Crippen LogP contribution in [0.25, 0.3) is 0 Å². The largest absolute Gasteiger partial charge is 0.358 e. The zero-order valence-corrected chi connectivity index (χ0v) is 16.1. The minimum absolute atomic E-state index is 1.03. The molecule has 1 fully saturated rings. The second-order valence-corrected chi connectivity index (χ2v) is 6.69. The fourth-order valence-electron chi connectivity index (χ4n) is 3.45. The molecule has 1 N–H and O–H groups in total. The van der Waals surface area contributed by atoms with Gasteiger partial charge < -0.3 is 10.2 Å². The van der Waals surface area contributed by atoms with Gasteiger partial charge in [-0.25, -0.2) is 4.99 Å². The van der Waals surface area contributed by atoms with E-state index in [1.165, 1.54) is 42.5 Å². The van der Waals surface area contributed by atoms with Crippen molar-refractivity contribution in [3.05, 3.63) is 59.7 Å². The first-order chi connectivity index (χ1) is 12.2. The average molecular weight is 340 g/mol. The first-order valence-corrected chi connectivity index (χ1v) is 9.67. The fourth-order valence-corrected chi connectivity index (χ4v) is 3.45. The third-order valence-electron chi connectivity index (χ3n) is 4.81. The summed E-state index contributed by atoms with van der Waals surface area (Å²) in [6.07, 6.45) is 17.5. The molecule has 3 heteroatoms. The number of aliphatic imine (C=N–C) groups is 1. The van der Waals surface area contributed by atoms with Crippen molar-refractivity contribution >= 4 is 5.71 Å². The molecular weight excluding hydrogens is 306 g/mol. The van der Waals surface area contributed by atoms with Gasteiger partial charge in [-0.2, -0.15) is 0 Å². The van der Waals surface area contributed by atoms with Crippen molar-refractivity contribution in [3.8, 4) is 0 Å². The van der Waals surface area contributed by atoms with Gasteiger partial charge in [0.25, 0.3) is 0 Å². The van der Waals surface area contributed by atoms with Gasteiger partial charge in [0.1, 0.15) is 5.82 Å². The first kappa shape index (κ1) is 19.3. The van der Waals surface area contributed by atoms with Crippen LogP contribution in [-0.4, -0.2) is 23.7 Å². The van der Waals surface area contributed by atoms with Crippen molar-refractivity contribution in [1.82, 2.24) is 10.2 Å². The van der Waals surface area contributed by atoms with Gasteiger partial charge in [-0.1, -0.05) is 57.1 Å². The molecule has 0 amide bonds. The summed E-state index contributed by atoms with van der Waals surface area (Å²) in [5.41, 5.74) is 4.80. The molecule has 136 valence electrons. The van der Waals surface area contributed by atoms with Gasteiger partial charge in [0.2, 0.25) is 0 Å². The van der Waals surface area contributed by atoms with E-state index in [4.69, 9.17) is 4.99 Å². The van der Waals surface area contributed by atoms with Crippen LogP contribution >= 0.6 is 0 Å². The Bertz CT molecular complexity index is 609.